The van der Waals surface area contributed by atoms with Gasteiger partial charge in [-0.2, -0.15) is 0 Å². The molecule has 1 unspecified atom stereocenters. The Bertz CT molecular complexity index is 456. The molecule has 0 bridgehead atoms. The summed E-state index contributed by atoms with van der Waals surface area (Å²) in [6, 6.07) is 1.34. The first kappa shape index (κ1) is 13.8. The first-order valence-corrected chi connectivity index (χ1v) is 6.32. The highest BCUT2D eigenvalue weighted by atomic mass is 32.2. The topological polar surface area (TPSA) is 83.0 Å². The van der Waals surface area contributed by atoms with Gasteiger partial charge >= 0.3 is 5.97 Å². The lowest BCUT2D eigenvalue weighted by molar-refractivity contribution is -0.136. The van der Waals surface area contributed by atoms with Gasteiger partial charge in [0.25, 0.3) is 5.56 Å². The van der Waals surface area contributed by atoms with Crippen LogP contribution in [0.5, 0.6) is 0 Å². The summed E-state index contributed by atoms with van der Waals surface area (Å²) in [7, 11) is 0. The van der Waals surface area contributed by atoms with Crippen molar-refractivity contribution >= 4 is 17.7 Å². The maximum Gasteiger partial charge on any atom is 0.317 e. The molecule has 0 saturated carbocycles. The Hall–Kier alpha value is -1.30. The van der Waals surface area contributed by atoms with Crippen LogP contribution in [0.1, 0.15) is 38.9 Å². The number of carboxylic acids is 1. The minimum absolute atomic E-state index is 0.105. The van der Waals surface area contributed by atoms with E-state index in [9.17, 15) is 9.59 Å². The number of H-pyrrole nitrogens is 1. The Kier molecular flexibility index (Phi) is 4.74. The third kappa shape index (κ3) is 3.89. The number of aliphatic carboxylic acids is 1. The number of carbonyl (C=O) groups is 1. The van der Waals surface area contributed by atoms with E-state index in [1.165, 1.54) is 6.07 Å². The molecule has 2 N–H and O–H groups in total. The molecule has 0 radical (unpaired) electrons. The number of rotatable bonds is 5. The quantitative estimate of drug-likeness (QED) is 0.620. The lowest BCUT2D eigenvalue weighted by Crippen LogP contribution is -2.17. The van der Waals surface area contributed by atoms with Crippen molar-refractivity contribution in [2.45, 2.75) is 43.4 Å². The molecule has 1 aromatic heterocycles. The summed E-state index contributed by atoms with van der Waals surface area (Å²) in [5, 5.41) is 8.85. The van der Waals surface area contributed by atoms with Crippen molar-refractivity contribution in [1.29, 1.82) is 0 Å². The molecule has 1 atom stereocenters. The van der Waals surface area contributed by atoms with Gasteiger partial charge in [-0.15, -0.1) is 0 Å². The third-order valence-electron chi connectivity index (χ3n) is 2.19. The van der Waals surface area contributed by atoms with E-state index in [1.54, 1.807) is 6.92 Å². The summed E-state index contributed by atoms with van der Waals surface area (Å²) in [6.07, 6.45) is 0.492. The van der Waals surface area contributed by atoms with Gasteiger partial charge in [-0.25, -0.2) is 4.98 Å². The van der Waals surface area contributed by atoms with Crippen molar-refractivity contribution in [3.63, 3.8) is 0 Å². The van der Waals surface area contributed by atoms with E-state index in [1.807, 2.05) is 13.8 Å². The number of nitrogens with zero attached hydrogens (tertiary/aromatic N) is 1. The summed E-state index contributed by atoms with van der Waals surface area (Å²) in [5.74, 6) is -0.195. The number of thioether (sulfide) groups is 1. The van der Waals surface area contributed by atoms with Crippen molar-refractivity contribution in [3.05, 3.63) is 22.2 Å². The second-order valence-corrected chi connectivity index (χ2v) is 5.20. The van der Waals surface area contributed by atoms with E-state index >= 15 is 0 Å². The van der Waals surface area contributed by atoms with E-state index < -0.39 is 11.2 Å². The molecule has 94 valence electrons. The Morgan fingerprint density at radius 1 is 1.59 bits per heavy atom. The molecular weight excluding hydrogens is 240 g/mol. The molecule has 0 aromatic carbocycles. The smallest absolute Gasteiger partial charge is 0.317 e. The van der Waals surface area contributed by atoms with Gasteiger partial charge in [-0.1, -0.05) is 32.5 Å². The SMILES string of the molecule is CCC(Sc1cc(=O)[nH]c(C(C)C)n1)C(=O)O. The predicted molar refractivity (Wildman–Crippen MR) is 66.5 cm³/mol. The van der Waals surface area contributed by atoms with Crippen LogP contribution in [-0.2, 0) is 4.79 Å². The Morgan fingerprint density at radius 2 is 2.24 bits per heavy atom. The minimum atomic E-state index is -0.884. The number of hydrogen-bond acceptors (Lipinski definition) is 4. The zero-order valence-corrected chi connectivity index (χ0v) is 10.9. The third-order valence-corrected chi connectivity index (χ3v) is 3.46. The Labute approximate surface area is 104 Å². The number of nitrogens with one attached hydrogen (secondary N) is 1. The average Bonchev–Trinajstić information content (AvgIpc) is 2.24. The van der Waals surface area contributed by atoms with Crippen molar-refractivity contribution < 1.29 is 9.90 Å². The molecule has 0 fully saturated rings. The molecule has 1 rings (SSSR count). The fraction of sp³-hybridized carbons (Fsp3) is 0.545. The monoisotopic (exact) mass is 256 g/mol. The van der Waals surface area contributed by atoms with E-state index in [2.05, 4.69) is 9.97 Å². The molecule has 5 nitrogen and oxygen atoms in total. The summed E-state index contributed by atoms with van der Waals surface area (Å²) >= 11 is 1.11. The van der Waals surface area contributed by atoms with Crippen LogP contribution in [-0.4, -0.2) is 26.3 Å². The van der Waals surface area contributed by atoms with Crippen LogP contribution in [0, 0.1) is 0 Å². The van der Waals surface area contributed by atoms with Crippen LogP contribution in [0.4, 0.5) is 0 Å². The highest BCUT2D eigenvalue weighted by Gasteiger charge is 2.18. The van der Waals surface area contributed by atoms with Gasteiger partial charge in [0.15, 0.2) is 0 Å². The zero-order valence-electron chi connectivity index (χ0n) is 10.1. The van der Waals surface area contributed by atoms with E-state index in [-0.39, 0.29) is 11.5 Å². The number of aromatic nitrogens is 2. The van der Waals surface area contributed by atoms with Crippen molar-refractivity contribution in [3.8, 4) is 0 Å². The van der Waals surface area contributed by atoms with Crippen molar-refractivity contribution in [2.75, 3.05) is 0 Å². The van der Waals surface area contributed by atoms with Gasteiger partial charge in [-0.05, 0) is 6.42 Å². The van der Waals surface area contributed by atoms with Crippen LogP contribution in [0.25, 0.3) is 0 Å². The molecule has 17 heavy (non-hydrogen) atoms. The van der Waals surface area contributed by atoms with Crippen LogP contribution in [0.15, 0.2) is 15.9 Å². The van der Waals surface area contributed by atoms with Crippen LogP contribution in [0.3, 0.4) is 0 Å². The van der Waals surface area contributed by atoms with Crippen LogP contribution in [0.2, 0.25) is 0 Å². The highest BCUT2D eigenvalue weighted by molar-refractivity contribution is 8.00. The maximum absolute atomic E-state index is 11.4. The zero-order chi connectivity index (χ0) is 13.0. The maximum atomic E-state index is 11.4. The predicted octanol–water partition coefficient (Wildman–Crippen LogP) is 1.85. The lowest BCUT2D eigenvalue weighted by Gasteiger charge is -2.10. The average molecular weight is 256 g/mol. The van der Waals surface area contributed by atoms with Gasteiger partial charge in [0.2, 0.25) is 0 Å². The lowest BCUT2D eigenvalue weighted by atomic mass is 10.2. The van der Waals surface area contributed by atoms with Gasteiger partial charge in [0.1, 0.15) is 16.1 Å². The highest BCUT2D eigenvalue weighted by Crippen LogP contribution is 2.23. The second kappa shape index (κ2) is 5.86. The van der Waals surface area contributed by atoms with E-state index in [0.717, 1.165) is 11.8 Å². The molecule has 0 saturated heterocycles. The van der Waals surface area contributed by atoms with Crippen molar-refractivity contribution in [1.82, 2.24) is 9.97 Å². The molecule has 0 aliphatic carbocycles. The molecule has 0 amide bonds. The summed E-state index contributed by atoms with van der Waals surface area (Å²) in [4.78, 5) is 29.2. The van der Waals surface area contributed by atoms with Gasteiger partial charge in [0, 0.05) is 12.0 Å². The molecule has 0 spiro atoms. The van der Waals surface area contributed by atoms with Gasteiger partial charge < -0.3 is 10.1 Å². The standard InChI is InChI=1S/C11H16N2O3S/c1-4-7(11(15)16)17-9-5-8(14)12-10(13-9)6(2)3/h5-7H,4H2,1-3H3,(H,15,16)(H,12,13,14). The largest absolute Gasteiger partial charge is 0.480 e. The number of hydrogen-bond donors (Lipinski definition) is 2. The van der Waals surface area contributed by atoms with Gasteiger partial charge in [0.05, 0.1) is 0 Å². The molecule has 0 aliphatic rings. The minimum Gasteiger partial charge on any atom is -0.480 e. The fourth-order valence-electron chi connectivity index (χ4n) is 1.24. The molecule has 6 heteroatoms. The van der Waals surface area contributed by atoms with Gasteiger partial charge in [-0.3, -0.25) is 9.59 Å². The molecule has 1 heterocycles. The van der Waals surface area contributed by atoms with Crippen LogP contribution >= 0.6 is 11.8 Å². The first-order valence-electron chi connectivity index (χ1n) is 5.44. The first-order chi connectivity index (χ1) is 7.93. The summed E-state index contributed by atoms with van der Waals surface area (Å²) in [5.41, 5.74) is -0.244. The number of carboxylic acid groups (broad SMARTS) is 1. The normalized spacial score (nSPS) is 12.7. The second-order valence-electron chi connectivity index (χ2n) is 3.98. The van der Waals surface area contributed by atoms with E-state index in [4.69, 9.17) is 5.11 Å². The Balaban J connectivity index is 2.98. The van der Waals surface area contributed by atoms with Crippen molar-refractivity contribution in [2.24, 2.45) is 0 Å². The molecular formula is C11H16N2O3S. The summed E-state index contributed by atoms with van der Waals surface area (Å²) in [6.45, 7) is 5.63. The Morgan fingerprint density at radius 3 is 2.71 bits per heavy atom. The fourth-order valence-corrected chi connectivity index (χ4v) is 2.13. The number of aromatic amines is 1. The summed E-state index contributed by atoms with van der Waals surface area (Å²) < 4.78 is 0. The van der Waals surface area contributed by atoms with E-state index in [0.29, 0.717) is 17.3 Å². The molecule has 0 aliphatic heterocycles. The molecule has 1 aromatic rings. The van der Waals surface area contributed by atoms with Crippen LogP contribution < -0.4 is 5.56 Å².